The smallest absolute Gasteiger partial charge is 0.255 e. The number of pyridine rings is 1. The number of amides is 1. The lowest BCUT2D eigenvalue weighted by atomic mass is 10.0. The van der Waals surface area contributed by atoms with E-state index in [1.807, 2.05) is 6.07 Å². The molecule has 9 heteroatoms. The molecule has 0 radical (unpaired) electrons. The molecule has 8 nitrogen and oxygen atoms in total. The van der Waals surface area contributed by atoms with E-state index in [0.717, 1.165) is 30.9 Å². The summed E-state index contributed by atoms with van der Waals surface area (Å²) in [7, 11) is 1.41. The van der Waals surface area contributed by atoms with Gasteiger partial charge in [-0.2, -0.15) is 0 Å². The molecule has 1 aliphatic heterocycles. The number of hydrogen-bond acceptors (Lipinski definition) is 6. The first-order chi connectivity index (χ1) is 16.6. The van der Waals surface area contributed by atoms with Gasteiger partial charge in [0.25, 0.3) is 5.91 Å². The molecule has 0 saturated heterocycles. The quantitative estimate of drug-likeness (QED) is 0.418. The van der Waals surface area contributed by atoms with Gasteiger partial charge in [-0.3, -0.25) is 9.78 Å². The normalized spacial score (nSPS) is 12.9. The molecule has 0 aliphatic carbocycles. The van der Waals surface area contributed by atoms with Gasteiger partial charge in [0.15, 0.2) is 11.6 Å². The van der Waals surface area contributed by atoms with Crippen molar-refractivity contribution in [2.45, 2.75) is 20.3 Å². The van der Waals surface area contributed by atoms with Crippen molar-refractivity contribution in [1.29, 1.82) is 0 Å². The number of carbonyl (C=O) groups excluding carboxylic acids is 1. The fourth-order valence-electron chi connectivity index (χ4n) is 4.18. The number of hydrogen-bond donors (Lipinski definition) is 3. The van der Waals surface area contributed by atoms with Gasteiger partial charge in [-0.25, -0.2) is 4.39 Å². The number of H-pyrrole nitrogens is 1. The minimum absolute atomic E-state index is 0.0741. The average Bonchev–Trinajstić information content (AvgIpc) is 3.21. The molecule has 0 atom stereocenters. The van der Waals surface area contributed by atoms with E-state index >= 15 is 0 Å². The minimum Gasteiger partial charge on any atom is -0.492 e. The summed E-state index contributed by atoms with van der Waals surface area (Å²) in [6.07, 6.45) is 4.00. The van der Waals surface area contributed by atoms with E-state index in [1.54, 1.807) is 24.5 Å². The number of halogens is 1. The van der Waals surface area contributed by atoms with Crippen molar-refractivity contribution >= 4 is 17.3 Å². The van der Waals surface area contributed by atoms with Gasteiger partial charge in [0.05, 0.1) is 35.9 Å². The van der Waals surface area contributed by atoms with Crippen molar-refractivity contribution in [2.75, 3.05) is 45.2 Å². The molecule has 0 bridgehead atoms. The topological polar surface area (TPSA) is 91.5 Å². The molecule has 0 fully saturated rings. The fourth-order valence-corrected chi connectivity index (χ4v) is 4.18. The zero-order valence-electron chi connectivity index (χ0n) is 19.7. The van der Waals surface area contributed by atoms with Gasteiger partial charge in [0, 0.05) is 37.0 Å². The molecule has 0 saturated carbocycles. The number of para-hydroxylation sites is 1. The molecule has 3 N–H and O–H groups in total. The van der Waals surface area contributed by atoms with Gasteiger partial charge >= 0.3 is 0 Å². The third kappa shape index (κ3) is 4.70. The Morgan fingerprint density at radius 1 is 1.24 bits per heavy atom. The van der Waals surface area contributed by atoms with Crippen LogP contribution < -0.4 is 20.1 Å². The van der Waals surface area contributed by atoms with E-state index in [1.165, 1.54) is 13.2 Å². The van der Waals surface area contributed by atoms with Crippen molar-refractivity contribution < 1.29 is 18.7 Å². The highest BCUT2D eigenvalue weighted by Gasteiger charge is 2.29. The number of carbonyl (C=O) groups is 1. The van der Waals surface area contributed by atoms with E-state index in [2.05, 4.69) is 39.3 Å². The maximum absolute atomic E-state index is 14.4. The first-order valence-electron chi connectivity index (χ1n) is 11.5. The van der Waals surface area contributed by atoms with Gasteiger partial charge in [-0.05, 0) is 31.3 Å². The van der Waals surface area contributed by atoms with Crippen LogP contribution in [0.4, 0.5) is 15.8 Å². The Hall–Kier alpha value is -3.59. The minimum atomic E-state index is -0.493. The number of fused-ring (bicyclic) bond motifs is 1. The Kier molecular flexibility index (Phi) is 7.32. The molecule has 3 aromatic rings. The molecular formula is C25H30FN5O3. The van der Waals surface area contributed by atoms with Crippen LogP contribution in [0.3, 0.4) is 0 Å². The zero-order chi connectivity index (χ0) is 24.1. The van der Waals surface area contributed by atoms with E-state index in [-0.39, 0.29) is 11.7 Å². The number of anilines is 2. The van der Waals surface area contributed by atoms with Crippen LogP contribution in [0.1, 0.15) is 29.9 Å². The number of ether oxygens (including phenoxy) is 2. The largest absolute Gasteiger partial charge is 0.492 e. The van der Waals surface area contributed by atoms with Crippen LogP contribution in [-0.2, 0) is 6.42 Å². The number of nitrogens with one attached hydrogen (secondary N) is 3. The van der Waals surface area contributed by atoms with Crippen LogP contribution in [0.25, 0.3) is 11.3 Å². The molecule has 180 valence electrons. The Morgan fingerprint density at radius 3 is 2.82 bits per heavy atom. The third-order valence-corrected chi connectivity index (χ3v) is 6.01. The summed E-state index contributed by atoms with van der Waals surface area (Å²) in [6, 6.07) is 6.47. The maximum Gasteiger partial charge on any atom is 0.255 e. The van der Waals surface area contributed by atoms with Crippen molar-refractivity contribution in [3.05, 3.63) is 53.7 Å². The number of likely N-dealkylation sites (N-methyl/N-ethyl adjacent to an activating group) is 1. The summed E-state index contributed by atoms with van der Waals surface area (Å²) in [4.78, 5) is 22.8. The van der Waals surface area contributed by atoms with Crippen LogP contribution in [0, 0.1) is 5.82 Å². The van der Waals surface area contributed by atoms with Gasteiger partial charge in [0.1, 0.15) is 12.4 Å². The SMILES string of the molecule is CCN(CC)CCOc1cnccc1-c1[nH]c2c(c1Nc1cccc(F)c1OC)C(=O)NCC2. The van der Waals surface area contributed by atoms with E-state index in [4.69, 9.17) is 9.47 Å². The van der Waals surface area contributed by atoms with Crippen molar-refractivity contribution in [2.24, 2.45) is 0 Å². The molecule has 1 amide bonds. The summed E-state index contributed by atoms with van der Waals surface area (Å²) in [5.74, 6) is -0.0140. The van der Waals surface area contributed by atoms with Crippen LogP contribution in [-0.4, -0.2) is 60.7 Å². The van der Waals surface area contributed by atoms with Gasteiger partial charge in [-0.1, -0.05) is 19.9 Å². The predicted molar refractivity (Wildman–Crippen MR) is 130 cm³/mol. The molecule has 34 heavy (non-hydrogen) atoms. The Labute approximate surface area is 198 Å². The number of methoxy groups -OCH3 is 1. The van der Waals surface area contributed by atoms with Crippen molar-refractivity contribution in [3.8, 4) is 22.8 Å². The van der Waals surface area contributed by atoms with Crippen LogP contribution in [0.2, 0.25) is 0 Å². The zero-order valence-corrected chi connectivity index (χ0v) is 19.7. The molecular weight excluding hydrogens is 437 g/mol. The molecule has 0 unspecified atom stereocenters. The Bertz CT molecular complexity index is 1160. The first kappa shape index (κ1) is 23.6. The van der Waals surface area contributed by atoms with E-state index in [9.17, 15) is 9.18 Å². The first-order valence-corrected chi connectivity index (χ1v) is 11.5. The number of aromatic amines is 1. The van der Waals surface area contributed by atoms with Crippen LogP contribution in [0.15, 0.2) is 36.7 Å². The summed E-state index contributed by atoms with van der Waals surface area (Å²) < 4.78 is 25.8. The lowest BCUT2D eigenvalue weighted by molar-refractivity contribution is 0.0947. The summed E-state index contributed by atoms with van der Waals surface area (Å²) in [5.41, 5.74) is 3.70. The summed E-state index contributed by atoms with van der Waals surface area (Å²) in [6.45, 7) is 7.96. The monoisotopic (exact) mass is 467 g/mol. The van der Waals surface area contributed by atoms with Crippen LogP contribution >= 0.6 is 0 Å². The number of benzene rings is 1. The second-order valence-corrected chi connectivity index (χ2v) is 7.93. The second kappa shape index (κ2) is 10.6. The predicted octanol–water partition coefficient (Wildman–Crippen LogP) is 3.97. The molecule has 4 rings (SSSR count). The van der Waals surface area contributed by atoms with Gasteiger partial charge in [0.2, 0.25) is 0 Å². The Morgan fingerprint density at radius 2 is 2.06 bits per heavy atom. The summed E-state index contributed by atoms with van der Waals surface area (Å²) >= 11 is 0. The number of rotatable bonds is 10. The number of aromatic nitrogens is 2. The van der Waals surface area contributed by atoms with Crippen LogP contribution in [0.5, 0.6) is 11.5 Å². The molecule has 1 aromatic carbocycles. The Balaban J connectivity index is 1.75. The van der Waals surface area contributed by atoms with Crippen molar-refractivity contribution in [3.63, 3.8) is 0 Å². The second-order valence-electron chi connectivity index (χ2n) is 7.93. The van der Waals surface area contributed by atoms with E-state index in [0.29, 0.717) is 48.0 Å². The highest BCUT2D eigenvalue weighted by molar-refractivity contribution is 6.06. The van der Waals surface area contributed by atoms with Gasteiger partial charge in [-0.15, -0.1) is 0 Å². The standard InChI is InChI=1S/C25H30FN5O3/c1-4-31(5-2)13-14-34-20-15-27-11-9-16(20)22-23(21-18(29-22)10-12-28-25(21)32)30-19-8-6-7-17(26)24(19)33-3/h6-9,11,15,29-30H,4-5,10,12-14H2,1-3H3,(H,28,32). The molecule has 0 spiro atoms. The molecule has 3 heterocycles. The van der Waals surface area contributed by atoms with Gasteiger partial charge < -0.3 is 30.0 Å². The average molecular weight is 468 g/mol. The van der Waals surface area contributed by atoms with Crippen molar-refractivity contribution in [1.82, 2.24) is 20.2 Å². The molecule has 1 aliphatic rings. The highest BCUT2D eigenvalue weighted by atomic mass is 19.1. The lowest BCUT2D eigenvalue weighted by Gasteiger charge is -2.19. The lowest BCUT2D eigenvalue weighted by Crippen LogP contribution is -2.31. The number of nitrogens with zero attached hydrogens (tertiary/aromatic N) is 2. The fraction of sp³-hybridized carbons (Fsp3) is 0.360. The third-order valence-electron chi connectivity index (χ3n) is 6.01. The molecule has 2 aromatic heterocycles. The van der Waals surface area contributed by atoms with E-state index < -0.39 is 5.82 Å². The maximum atomic E-state index is 14.4. The summed E-state index contributed by atoms with van der Waals surface area (Å²) in [5, 5.41) is 6.14. The highest BCUT2D eigenvalue weighted by Crippen LogP contribution is 2.41.